The molecule has 0 aromatic carbocycles. The highest BCUT2D eigenvalue weighted by Crippen LogP contribution is 2.03. The topological polar surface area (TPSA) is 227 Å². The number of ether oxygens (including phenoxy) is 7. The minimum atomic E-state index is -0.814. The summed E-state index contributed by atoms with van der Waals surface area (Å²) in [5.74, 6) is 3.60. The molecule has 0 radical (unpaired) electrons. The van der Waals surface area contributed by atoms with Gasteiger partial charge in [-0.25, -0.2) is 10.3 Å². The number of hydrogen-bond donors (Lipinski definition) is 4. The molecule has 0 bridgehead atoms. The number of methoxy groups -OCH3 is 1. The van der Waals surface area contributed by atoms with E-state index in [0.717, 1.165) is 0 Å². The number of carbonyl (C=O) groups is 3. The lowest BCUT2D eigenvalue weighted by molar-refractivity contribution is -0.146. The number of nitrogens with one attached hydrogen (secondary N) is 3. The normalized spacial score (nSPS) is 11.8. The Morgan fingerprint density at radius 2 is 1.27 bits per heavy atom. The van der Waals surface area contributed by atoms with E-state index in [2.05, 4.69) is 26.1 Å². The fourth-order valence-corrected chi connectivity index (χ4v) is 2.86. The highest BCUT2D eigenvalue weighted by molar-refractivity contribution is 5.85. The predicted octanol–water partition coefficient (Wildman–Crippen LogP) is -0.613. The first-order valence-electron chi connectivity index (χ1n) is 13.0. The molecule has 40 heavy (non-hydrogen) atoms. The van der Waals surface area contributed by atoms with Crippen molar-refractivity contribution in [1.82, 2.24) is 10.6 Å². The van der Waals surface area contributed by atoms with E-state index in [1.807, 2.05) is 0 Å². The first-order valence-corrected chi connectivity index (χ1v) is 13.0. The Balaban J connectivity index is 3.78. The van der Waals surface area contributed by atoms with Crippen LogP contribution in [0.15, 0.2) is 15.5 Å². The van der Waals surface area contributed by atoms with Crippen molar-refractivity contribution in [2.75, 3.05) is 106 Å². The summed E-state index contributed by atoms with van der Waals surface area (Å²) in [7, 11) is 1.25. The van der Waals surface area contributed by atoms with Crippen LogP contribution < -0.4 is 16.5 Å². The molecule has 2 amide bonds. The van der Waals surface area contributed by atoms with E-state index in [0.29, 0.717) is 85.1 Å². The van der Waals surface area contributed by atoms with E-state index >= 15 is 0 Å². The molecule has 0 saturated heterocycles. The van der Waals surface area contributed by atoms with Crippen LogP contribution in [0, 0.1) is 5.53 Å². The standard InChI is InChI=1S/C23H45N7O10/c1-34-23(33)20(29-22(32)19-40-17-15-37-12-10-35-8-6-27-24)4-2-3-5-26-21(31)18-39-16-14-38-13-11-36-9-7-28-30-25/h20,24H,2-19H2,1H3,(H2,25,28)(H,26,31)(H,29,32). The van der Waals surface area contributed by atoms with Gasteiger partial charge in [0, 0.05) is 6.54 Å². The lowest BCUT2D eigenvalue weighted by atomic mass is 10.1. The van der Waals surface area contributed by atoms with Gasteiger partial charge in [0.15, 0.2) is 0 Å². The van der Waals surface area contributed by atoms with E-state index in [4.69, 9.17) is 44.5 Å². The second kappa shape index (κ2) is 29.2. The Hall–Kier alpha value is -2.83. The predicted molar refractivity (Wildman–Crippen MR) is 140 cm³/mol. The lowest BCUT2D eigenvalue weighted by Crippen LogP contribution is -2.43. The number of unbranched alkanes of at least 4 members (excludes halogenated alkanes) is 1. The SMILES string of the molecule is COC(=O)C(CCCCNC(=O)COCCOCCOCCN=NN)NC(=O)COCCOCCOCCN=N. The van der Waals surface area contributed by atoms with Gasteiger partial charge >= 0.3 is 5.97 Å². The van der Waals surface area contributed by atoms with Gasteiger partial charge < -0.3 is 49.6 Å². The number of rotatable bonds is 29. The third-order valence-electron chi connectivity index (χ3n) is 4.78. The van der Waals surface area contributed by atoms with Gasteiger partial charge in [-0.3, -0.25) is 9.59 Å². The Bertz CT molecular complexity index is 688. The summed E-state index contributed by atoms with van der Waals surface area (Å²) in [6.45, 7) is 4.22. The summed E-state index contributed by atoms with van der Waals surface area (Å²) < 4.78 is 36.3. The summed E-state index contributed by atoms with van der Waals surface area (Å²) >= 11 is 0. The van der Waals surface area contributed by atoms with Gasteiger partial charge in [-0.1, -0.05) is 5.22 Å². The molecule has 5 N–H and O–H groups in total. The second-order valence-corrected chi connectivity index (χ2v) is 7.91. The average molecular weight is 580 g/mol. The number of hydrogen-bond acceptors (Lipinski definition) is 14. The first kappa shape index (κ1) is 37.2. The molecule has 17 nitrogen and oxygen atoms in total. The minimum Gasteiger partial charge on any atom is -0.467 e. The van der Waals surface area contributed by atoms with E-state index in [1.165, 1.54) is 7.11 Å². The van der Waals surface area contributed by atoms with Gasteiger partial charge in [-0.2, -0.15) is 10.2 Å². The Kier molecular flexibility index (Phi) is 27.1. The number of nitrogens with zero attached hydrogens (tertiary/aromatic N) is 3. The number of nitrogens with two attached hydrogens (primary N) is 1. The van der Waals surface area contributed by atoms with Crippen LogP contribution in [0.5, 0.6) is 0 Å². The molecule has 0 heterocycles. The van der Waals surface area contributed by atoms with Crippen molar-refractivity contribution >= 4 is 17.8 Å². The van der Waals surface area contributed by atoms with Gasteiger partial charge in [0.25, 0.3) is 0 Å². The maximum Gasteiger partial charge on any atom is 0.328 e. The molecule has 1 unspecified atom stereocenters. The quantitative estimate of drug-likeness (QED) is 0.0287. The molecule has 0 aromatic rings. The van der Waals surface area contributed by atoms with Crippen LogP contribution in [-0.4, -0.2) is 130 Å². The van der Waals surface area contributed by atoms with E-state index in [1.54, 1.807) is 0 Å². The van der Waals surface area contributed by atoms with Crippen molar-refractivity contribution in [2.24, 2.45) is 21.3 Å². The maximum atomic E-state index is 12.1. The monoisotopic (exact) mass is 579 g/mol. The zero-order valence-electron chi connectivity index (χ0n) is 23.3. The number of esters is 1. The van der Waals surface area contributed by atoms with Gasteiger partial charge in [0.2, 0.25) is 11.8 Å². The van der Waals surface area contributed by atoms with Crippen LogP contribution in [0.25, 0.3) is 0 Å². The van der Waals surface area contributed by atoms with Crippen LogP contribution >= 0.6 is 0 Å². The molecule has 0 saturated carbocycles. The van der Waals surface area contributed by atoms with Crippen molar-refractivity contribution in [3.63, 3.8) is 0 Å². The van der Waals surface area contributed by atoms with Gasteiger partial charge in [-0.05, 0) is 19.3 Å². The summed E-state index contributed by atoms with van der Waals surface area (Å²) in [4.78, 5) is 36.0. The zero-order chi connectivity index (χ0) is 29.5. The summed E-state index contributed by atoms with van der Waals surface area (Å²) in [5, 5.41) is 15.2. The molecule has 0 aliphatic heterocycles. The van der Waals surface area contributed by atoms with Gasteiger partial charge in [0.1, 0.15) is 19.3 Å². The molecule has 232 valence electrons. The van der Waals surface area contributed by atoms with E-state index in [-0.39, 0.29) is 38.9 Å². The molecule has 0 aromatic heterocycles. The van der Waals surface area contributed by atoms with Crippen LogP contribution in [-0.2, 0) is 47.5 Å². The van der Waals surface area contributed by atoms with Crippen LogP contribution in [0.4, 0.5) is 0 Å². The minimum absolute atomic E-state index is 0.0904. The Labute approximate surface area is 234 Å². The Morgan fingerprint density at radius 3 is 1.82 bits per heavy atom. The van der Waals surface area contributed by atoms with Crippen molar-refractivity contribution in [3.05, 3.63) is 0 Å². The third-order valence-corrected chi connectivity index (χ3v) is 4.78. The van der Waals surface area contributed by atoms with E-state index < -0.39 is 17.9 Å². The molecular weight excluding hydrogens is 534 g/mol. The molecular formula is C23H45N7O10. The highest BCUT2D eigenvalue weighted by atomic mass is 16.6. The summed E-state index contributed by atoms with van der Waals surface area (Å²) in [5.41, 5.74) is 6.64. The highest BCUT2D eigenvalue weighted by Gasteiger charge is 2.21. The molecule has 0 fully saturated rings. The molecule has 0 aliphatic rings. The van der Waals surface area contributed by atoms with Crippen LogP contribution in [0.2, 0.25) is 0 Å². The smallest absolute Gasteiger partial charge is 0.328 e. The van der Waals surface area contributed by atoms with Crippen LogP contribution in [0.3, 0.4) is 0 Å². The largest absolute Gasteiger partial charge is 0.467 e. The molecule has 0 aliphatic carbocycles. The number of carbonyl (C=O) groups excluding carboxylic acids is 3. The fraction of sp³-hybridized carbons (Fsp3) is 0.870. The van der Waals surface area contributed by atoms with Crippen molar-refractivity contribution in [2.45, 2.75) is 25.3 Å². The zero-order valence-corrected chi connectivity index (χ0v) is 23.3. The lowest BCUT2D eigenvalue weighted by Gasteiger charge is -2.16. The molecule has 0 spiro atoms. The van der Waals surface area contributed by atoms with Gasteiger partial charge in [-0.15, -0.1) is 0 Å². The van der Waals surface area contributed by atoms with Crippen molar-refractivity contribution in [3.8, 4) is 0 Å². The third kappa shape index (κ3) is 25.4. The first-order chi connectivity index (χ1) is 19.5. The maximum absolute atomic E-state index is 12.1. The Morgan fingerprint density at radius 1 is 0.750 bits per heavy atom. The molecule has 0 rings (SSSR count). The summed E-state index contributed by atoms with van der Waals surface area (Å²) in [6.07, 6.45) is 1.51. The summed E-state index contributed by atoms with van der Waals surface area (Å²) in [6, 6.07) is -0.814. The van der Waals surface area contributed by atoms with Crippen LogP contribution in [0.1, 0.15) is 19.3 Å². The molecule has 17 heteroatoms. The number of amides is 2. The van der Waals surface area contributed by atoms with E-state index in [9.17, 15) is 14.4 Å². The van der Waals surface area contributed by atoms with Crippen molar-refractivity contribution < 1.29 is 47.5 Å². The van der Waals surface area contributed by atoms with Crippen molar-refractivity contribution in [1.29, 1.82) is 5.53 Å². The van der Waals surface area contributed by atoms with Gasteiger partial charge in [0.05, 0.1) is 86.3 Å². The molecule has 1 atom stereocenters. The average Bonchev–Trinajstić information content (AvgIpc) is 2.95. The fourth-order valence-electron chi connectivity index (χ4n) is 2.86. The second-order valence-electron chi connectivity index (χ2n) is 7.91.